The van der Waals surface area contributed by atoms with Crippen molar-refractivity contribution in [1.29, 1.82) is 0 Å². The highest BCUT2D eigenvalue weighted by atomic mass is 127. The number of hydrogen-bond acceptors (Lipinski definition) is 2. The lowest BCUT2D eigenvalue weighted by atomic mass is 9.83. The van der Waals surface area contributed by atoms with Gasteiger partial charge < -0.3 is 15.4 Å². The first kappa shape index (κ1) is 19.0. The molecule has 0 heterocycles. The lowest BCUT2D eigenvalue weighted by Gasteiger charge is -2.30. The third-order valence-electron chi connectivity index (χ3n) is 4.75. The molecule has 0 aromatic carbocycles. The Bertz CT molecular complexity index is 313. The van der Waals surface area contributed by atoms with Crippen LogP contribution >= 0.6 is 24.0 Å². The van der Waals surface area contributed by atoms with E-state index in [1.807, 2.05) is 7.05 Å². The second-order valence-electron chi connectivity index (χ2n) is 6.40. The van der Waals surface area contributed by atoms with E-state index >= 15 is 0 Å². The van der Waals surface area contributed by atoms with Gasteiger partial charge in [0.05, 0.1) is 0 Å². The molecule has 0 aliphatic heterocycles. The second-order valence-corrected chi connectivity index (χ2v) is 6.40. The Morgan fingerprint density at radius 3 is 2.52 bits per heavy atom. The van der Waals surface area contributed by atoms with Crippen LogP contribution < -0.4 is 10.6 Å². The number of guanidine groups is 1. The Morgan fingerprint density at radius 2 is 1.95 bits per heavy atom. The van der Waals surface area contributed by atoms with E-state index in [2.05, 4.69) is 22.5 Å². The first-order valence-corrected chi connectivity index (χ1v) is 8.30. The smallest absolute Gasteiger partial charge is 0.191 e. The van der Waals surface area contributed by atoms with E-state index in [0.29, 0.717) is 5.41 Å². The minimum Gasteiger partial charge on any atom is -0.382 e. The van der Waals surface area contributed by atoms with Gasteiger partial charge in [-0.3, -0.25) is 4.99 Å². The van der Waals surface area contributed by atoms with Crippen molar-refractivity contribution in [2.75, 3.05) is 33.4 Å². The Kier molecular flexibility index (Phi) is 8.94. The molecular weight excluding hydrogens is 377 g/mol. The van der Waals surface area contributed by atoms with Crippen molar-refractivity contribution in [3.8, 4) is 0 Å². The highest BCUT2D eigenvalue weighted by molar-refractivity contribution is 14.0. The molecule has 124 valence electrons. The number of hydrogen-bond donors (Lipinski definition) is 2. The van der Waals surface area contributed by atoms with Crippen LogP contribution in [0, 0.1) is 11.3 Å². The average molecular weight is 409 g/mol. The van der Waals surface area contributed by atoms with Crippen molar-refractivity contribution >= 4 is 29.9 Å². The zero-order valence-electron chi connectivity index (χ0n) is 13.6. The molecule has 2 aliphatic rings. The summed E-state index contributed by atoms with van der Waals surface area (Å²) in [6.07, 6.45) is 9.31. The number of nitrogens with zero attached hydrogens (tertiary/aromatic N) is 1. The Hall–Kier alpha value is -0.0400. The molecule has 0 unspecified atom stereocenters. The van der Waals surface area contributed by atoms with Crippen molar-refractivity contribution in [3.05, 3.63) is 0 Å². The zero-order chi connectivity index (χ0) is 14.3. The predicted molar refractivity (Wildman–Crippen MR) is 99.5 cm³/mol. The van der Waals surface area contributed by atoms with Crippen LogP contribution in [0.5, 0.6) is 0 Å². The maximum absolute atomic E-state index is 5.57. The Morgan fingerprint density at radius 1 is 1.24 bits per heavy atom. The SMILES string of the molecule is CCOCCC1(CNC(=NC)NCC2CC2)CCCC1.I. The van der Waals surface area contributed by atoms with Gasteiger partial charge in [-0.15, -0.1) is 24.0 Å². The molecule has 0 aromatic heterocycles. The summed E-state index contributed by atoms with van der Waals surface area (Å²) in [6.45, 7) is 5.90. The Labute approximate surface area is 146 Å². The molecule has 0 aromatic rings. The van der Waals surface area contributed by atoms with Crippen molar-refractivity contribution in [3.63, 3.8) is 0 Å². The van der Waals surface area contributed by atoms with E-state index in [1.54, 1.807) is 0 Å². The van der Waals surface area contributed by atoms with Crippen molar-refractivity contribution in [2.45, 2.75) is 51.9 Å². The van der Waals surface area contributed by atoms with Crippen LogP contribution in [0.15, 0.2) is 4.99 Å². The molecule has 0 spiro atoms. The van der Waals surface area contributed by atoms with E-state index in [-0.39, 0.29) is 24.0 Å². The lowest BCUT2D eigenvalue weighted by Crippen LogP contribution is -2.44. The summed E-state index contributed by atoms with van der Waals surface area (Å²) in [4.78, 5) is 4.34. The van der Waals surface area contributed by atoms with E-state index in [4.69, 9.17) is 4.74 Å². The summed E-state index contributed by atoms with van der Waals surface area (Å²) in [5.41, 5.74) is 0.423. The topological polar surface area (TPSA) is 45.6 Å². The van der Waals surface area contributed by atoms with Crippen LogP contribution in [0.3, 0.4) is 0 Å². The lowest BCUT2D eigenvalue weighted by molar-refractivity contribution is 0.105. The van der Waals surface area contributed by atoms with Gasteiger partial charge >= 0.3 is 0 Å². The maximum atomic E-state index is 5.57. The summed E-state index contributed by atoms with van der Waals surface area (Å²) < 4.78 is 5.57. The summed E-state index contributed by atoms with van der Waals surface area (Å²) in [5, 5.41) is 6.99. The van der Waals surface area contributed by atoms with E-state index in [9.17, 15) is 0 Å². The van der Waals surface area contributed by atoms with Gasteiger partial charge in [-0.25, -0.2) is 0 Å². The largest absolute Gasteiger partial charge is 0.382 e. The average Bonchev–Trinajstić information content (AvgIpc) is 3.18. The van der Waals surface area contributed by atoms with Crippen molar-refractivity contribution < 1.29 is 4.74 Å². The number of aliphatic imine (C=N–C) groups is 1. The minimum absolute atomic E-state index is 0. The van der Waals surface area contributed by atoms with Gasteiger partial charge in [0, 0.05) is 33.4 Å². The number of halogens is 1. The van der Waals surface area contributed by atoms with Crippen LogP contribution in [0.4, 0.5) is 0 Å². The second kappa shape index (κ2) is 9.87. The molecule has 2 rings (SSSR count). The van der Waals surface area contributed by atoms with Gasteiger partial charge in [-0.1, -0.05) is 12.8 Å². The summed E-state index contributed by atoms with van der Waals surface area (Å²) in [6, 6.07) is 0. The summed E-state index contributed by atoms with van der Waals surface area (Å²) >= 11 is 0. The first-order valence-electron chi connectivity index (χ1n) is 8.30. The molecule has 0 radical (unpaired) electrons. The highest BCUT2D eigenvalue weighted by Gasteiger charge is 2.33. The molecule has 2 N–H and O–H groups in total. The fraction of sp³-hybridized carbons (Fsp3) is 0.938. The molecule has 0 atom stereocenters. The number of ether oxygens (including phenoxy) is 1. The predicted octanol–water partition coefficient (Wildman–Crippen LogP) is 3.17. The summed E-state index contributed by atoms with van der Waals surface area (Å²) in [7, 11) is 1.86. The summed E-state index contributed by atoms with van der Waals surface area (Å²) in [5.74, 6) is 1.85. The molecule has 4 nitrogen and oxygen atoms in total. The van der Waals surface area contributed by atoms with Gasteiger partial charge in [0.25, 0.3) is 0 Å². The fourth-order valence-corrected chi connectivity index (χ4v) is 3.13. The van der Waals surface area contributed by atoms with Crippen LogP contribution in [0.2, 0.25) is 0 Å². The molecule has 2 saturated carbocycles. The third-order valence-corrected chi connectivity index (χ3v) is 4.75. The van der Waals surface area contributed by atoms with Gasteiger partial charge in [0.1, 0.15) is 0 Å². The van der Waals surface area contributed by atoms with Gasteiger partial charge in [0.2, 0.25) is 0 Å². The van der Waals surface area contributed by atoms with Gasteiger partial charge in [0.15, 0.2) is 5.96 Å². The van der Waals surface area contributed by atoms with E-state index in [0.717, 1.165) is 38.2 Å². The van der Waals surface area contributed by atoms with Gasteiger partial charge in [-0.2, -0.15) is 0 Å². The monoisotopic (exact) mass is 409 g/mol. The molecule has 21 heavy (non-hydrogen) atoms. The first-order chi connectivity index (χ1) is 9.78. The van der Waals surface area contributed by atoms with Crippen LogP contribution in [-0.2, 0) is 4.74 Å². The normalized spacial score (nSPS) is 21.0. The minimum atomic E-state index is 0. The van der Waals surface area contributed by atoms with Crippen LogP contribution in [0.25, 0.3) is 0 Å². The third kappa shape index (κ3) is 6.72. The zero-order valence-corrected chi connectivity index (χ0v) is 15.9. The fourth-order valence-electron chi connectivity index (χ4n) is 3.13. The number of rotatable bonds is 8. The van der Waals surface area contributed by atoms with Gasteiger partial charge in [-0.05, 0) is 50.4 Å². The molecule has 0 bridgehead atoms. The maximum Gasteiger partial charge on any atom is 0.191 e. The molecule has 0 amide bonds. The van der Waals surface area contributed by atoms with Crippen LogP contribution in [-0.4, -0.2) is 39.3 Å². The quantitative estimate of drug-likeness (QED) is 0.280. The van der Waals surface area contributed by atoms with Crippen molar-refractivity contribution in [2.24, 2.45) is 16.3 Å². The highest BCUT2D eigenvalue weighted by Crippen LogP contribution is 2.40. The Balaban J connectivity index is 0.00000220. The van der Waals surface area contributed by atoms with E-state index < -0.39 is 0 Å². The van der Waals surface area contributed by atoms with Crippen molar-refractivity contribution in [1.82, 2.24) is 10.6 Å². The molecule has 0 saturated heterocycles. The standard InChI is InChI=1S/C16H31N3O.HI/c1-3-20-11-10-16(8-4-5-9-16)13-19-15(17-2)18-12-14-6-7-14;/h14H,3-13H2,1-2H3,(H2,17,18,19);1H. The molecular formula is C16H32IN3O. The number of nitrogens with one attached hydrogen (secondary N) is 2. The van der Waals surface area contributed by atoms with Crippen LogP contribution in [0.1, 0.15) is 51.9 Å². The van der Waals surface area contributed by atoms with E-state index in [1.165, 1.54) is 44.9 Å². The molecule has 2 aliphatic carbocycles. The molecule has 5 heteroatoms. The molecule has 2 fully saturated rings.